The fourth-order valence-corrected chi connectivity index (χ4v) is 6.96. The maximum Gasteiger partial charge on any atom is 0.249 e. The van der Waals surface area contributed by atoms with Gasteiger partial charge in [0.05, 0.1) is 15.9 Å². The minimum atomic E-state index is -3.75. The van der Waals surface area contributed by atoms with E-state index in [9.17, 15) is 26.8 Å². The van der Waals surface area contributed by atoms with E-state index in [0.29, 0.717) is 28.3 Å². The number of carbonyl (C=O) groups is 2. The van der Waals surface area contributed by atoms with Gasteiger partial charge in [-0.3, -0.25) is 14.9 Å². The van der Waals surface area contributed by atoms with Crippen LogP contribution >= 0.6 is 11.6 Å². The Morgan fingerprint density at radius 3 is 2.41 bits per heavy atom. The highest BCUT2D eigenvalue weighted by atomic mass is 35.5. The van der Waals surface area contributed by atoms with Crippen molar-refractivity contribution in [3.63, 3.8) is 0 Å². The number of rotatable bonds is 10. The van der Waals surface area contributed by atoms with Crippen LogP contribution < -0.4 is 16.4 Å². The Hall–Kier alpha value is -4.40. The number of fused-ring (bicyclic) bond motifs is 1. The zero-order valence-corrected chi connectivity index (χ0v) is 28.9. The number of nitrogens with zero attached hydrogens (tertiary/aromatic N) is 4. The molecule has 0 spiro atoms. The van der Waals surface area contributed by atoms with Crippen molar-refractivity contribution in [3.05, 3.63) is 76.8 Å². The zero-order chi connectivity index (χ0) is 35.5. The first-order valence-electron chi connectivity index (χ1n) is 15.8. The number of carbonyl (C=O) groups excluding carboxylic acids is 2. The summed E-state index contributed by atoms with van der Waals surface area (Å²) >= 11 is 6.04. The van der Waals surface area contributed by atoms with Gasteiger partial charge in [-0.2, -0.15) is 0 Å². The van der Waals surface area contributed by atoms with Gasteiger partial charge in [-0.25, -0.2) is 31.5 Å². The summed E-state index contributed by atoms with van der Waals surface area (Å²) in [7, 11) is -0.911. The number of benzene rings is 3. The Labute approximate surface area is 288 Å². The third-order valence-corrected chi connectivity index (χ3v) is 10.6. The van der Waals surface area contributed by atoms with E-state index in [0.717, 1.165) is 48.5 Å². The quantitative estimate of drug-likeness (QED) is 0.144. The smallest absolute Gasteiger partial charge is 0.249 e. The number of anilines is 1. The number of guanidine groups is 1. The lowest BCUT2D eigenvalue weighted by Crippen LogP contribution is -2.41. The van der Waals surface area contributed by atoms with E-state index >= 15 is 0 Å². The molecule has 1 aromatic heterocycles. The molecule has 3 aromatic carbocycles. The molecule has 1 heterocycles. The average molecular weight is 714 g/mol. The second-order valence-corrected chi connectivity index (χ2v) is 14.9. The number of amides is 2. The number of halogens is 3. The van der Waals surface area contributed by atoms with Gasteiger partial charge in [0, 0.05) is 42.5 Å². The summed E-state index contributed by atoms with van der Waals surface area (Å²) in [6.45, 7) is 1.36. The molecule has 0 aliphatic heterocycles. The Bertz CT molecular complexity index is 2010. The van der Waals surface area contributed by atoms with Gasteiger partial charge in [0.2, 0.25) is 21.8 Å². The topological polar surface area (TPSA) is 152 Å². The van der Waals surface area contributed by atoms with Crippen molar-refractivity contribution in [2.45, 2.75) is 62.9 Å². The molecule has 5 rings (SSSR count). The predicted octanol–water partition coefficient (Wildman–Crippen LogP) is 5.60. The highest BCUT2D eigenvalue weighted by Crippen LogP contribution is 2.30. The number of nitrogens with two attached hydrogens (primary N) is 1. The molecule has 0 radical (unpaired) electrons. The van der Waals surface area contributed by atoms with Crippen molar-refractivity contribution in [2.75, 3.05) is 19.4 Å². The number of hydrogen-bond donors (Lipinski definition) is 3. The third-order valence-electron chi connectivity index (χ3n) is 8.59. The summed E-state index contributed by atoms with van der Waals surface area (Å²) in [6, 6.07) is 12.0. The predicted molar refractivity (Wildman–Crippen MR) is 186 cm³/mol. The standard InChI is InChI=1S/C34H38ClF2N7O4S/c1-20-9-14-24(49(47,48)43(2)3)16-27(20)40-33(46)29(15-21-7-5-4-6-8-21)41-34(38)42-31(45)19-44-30-18-26(37)25(36)17-28(30)39-32(44)22-10-12-23(35)13-11-22/h9-14,16-18,21,29H,4-8,15,19H2,1-3H3,(H,40,46)(H3,38,41,42,45)/t29-/m1/s1. The van der Waals surface area contributed by atoms with Crippen LogP contribution in [0.15, 0.2) is 64.5 Å². The van der Waals surface area contributed by atoms with Crippen molar-refractivity contribution in [3.8, 4) is 11.4 Å². The van der Waals surface area contributed by atoms with Crippen LogP contribution in [0.3, 0.4) is 0 Å². The second-order valence-electron chi connectivity index (χ2n) is 12.4. The van der Waals surface area contributed by atoms with E-state index in [-0.39, 0.29) is 40.2 Å². The van der Waals surface area contributed by atoms with E-state index in [1.165, 1.54) is 30.8 Å². The number of sulfonamides is 1. The summed E-state index contributed by atoms with van der Waals surface area (Å²) in [5, 5.41) is 5.81. The molecule has 4 N–H and O–H groups in total. The third kappa shape index (κ3) is 8.43. The van der Waals surface area contributed by atoms with Gasteiger partial charge < -0.3 is 15.6 Å². The molecule has 1 aliphatic rings. The normalized spacial score (nSPS) is 15.0. The van der Waals surface area contributed by atoms with Crippen LogP contribution in [0.2, 0.25) is 5.02 Å². The number of aryl methyl sites for hydroxylation is 1. The number of nitrogens with one attached hydrogen (secondary N) is 2. The molecule has 1 atom stereocenters. The molecular weight excluding hydrogens is 676 g/mol. The van der Waals surface area contributed by atoms with E-state index in [1.54, 1.807) is 37.3 Å². The summed E-state index contributed by atoms with van der Waals surface area (Å²) in [4.78, 5) is 35.9. The summed E-state index contributed by atoms with van der Waals surface area (Å²) in [5.74, 6) is -3.17. The Morgan fingerprint density at radius 1 is 1.06 bits per heavy atom. The highest BCUT2D eigenvalue weighted by molar-refractivity contribution is 7.89. The first-order chi connectivity index (χ1) is 23.2. The molecule has 1 fully saturated rings. The number of aliphatic imine (C=N–C) groups is 1. The van der Waals surface area contributed by atoms with Crippen LogP contribution in [-0.4, -0.2) is 60.2 Å². The lowest BCUT2D eigenvalue weighted by Gasteiger charge is -2.25. The van der Waals surface area contributed by atoms with Crippen molar-refractivity contribution < 1.29 is 26.8 Å². The van der Waals surface area contributed by atoms with Gasteiger partial charge in [-0.1, -0.05) is 49.8 Å². The van der Waals surface area contributed by atoms with E-state index < -0.39 is 39.5 Å². The van der Waals surface area contributed by atoms with Crippen LogP contribution in [0.5, 0.6) is 0 Å². The van der Waals surface area contributed by atoms with Crippen molar-refractivity contribution in [2.24, 2.45) is 16.6 Å². The van der Waals surface area contributed by atoms with Crippen LogP contribution in [0.4, 0.5) is 14.5 Å². The SMILES string of the molecule is Cc1ccc(S(=O)(=O)N(C)C)cc1NC(=O)[C@@H](CC1CCCCC1)N=C(N)NC(=O)Cn1c(-c2ccc(Cl)cc2)nc2cc(F)c(F)cc21. The van der Waals surface area contributed by atoms with Crippen LogP contribution in [-0.2, 0) is 26.2 Å². The summed E-state index contributed by atoms with van der Waals surface area (Å²) in [5.41, 5.74) is 8.04. The maximum absolute atomic E-state index is 14.3. The van der Waals surface area contributed by atoms with Crippen LogP contribution in [0.25, 0.3) is 22.4 Å². The minimum Gasteiger partial charge on any atom is -0.370 e. The van der Waals surface area contributed by atoms with Crippen molar-refractivity contribution >= 4 is 56.1 Å². The Balaban J connectivity index is 1.40. The zero-order valence-electron chi connectivity index (χ0n) is 27.3. The highest BCUT2D eigenvalue weighted by Gasteiger charge is 2.27. The van der Waals surface area contributed by atoms with Crippen LogP contribution in [0.1, 0.15) is 44.1 Å². The van der Waals surface area contributed by atoms with E-state index in [4.69, 9.17) is 17.3 Å². The second kappa shape index (κ2) is 15.0. The molecular formula is C34H38ClF2N7O4S. The van der Waals surface area contributed by atoms with Gasteiger partial charge in [0.1, 0.15) is 18.4 Å². The van der Waals surface area contributed by atoms with Crippen molar-refractivity contribution in [1.29, 1.82) is 0 Å². The molecule has 1 aliphatic carbocycles. The molecule has 49 heavy (non-hydrogen) atoms. The van der Waals surface area contributed by atoms with Gasteiger partial charge in [-0.15, -0.1) is 0 Å². The minimum absolute atomic E-state index is 0.0186. The van der Waals surface area contributed by atoms with Gasteiger partial charge in [0.15, 0.2) is 17.6 Å². The fraction of sp³-hybridized carbons (Fsp3) is 0.353. The lowest BCUT2D eigenvalue weighted by atomic mass is 9.84. The molecule has 1 saturated carbocycles. The summed E-state index contributed by atoms with van der Waals surface area (Å²) in [6.07, 6.45) is 5.36. The molecule has 15 heteroatoms. The first-order valence-corrected chi connectivity index (χ1v) is 17.6. The molecule has 4 aromatic rings. The first kappa shape index (κ1) is 35.9. The number of aromatic nitrogens is 2. The average Bonchev–Trinajstić information content (AvgIpc) is 3.38. The molecule has 260 valence electrons. The monoisotopic (exact) mass is 713 g/mol. The lowest BCUT2D eigenvalue weighted by molar-refractivity contribution is -0.120. The number of hydrogen-bond acceptors (Lipinski definition) is 6. The molecule has 0 saturated heterocycles. The summed E-state index contributed by atoms with van der Waals surface area (Å²) < 4.78 is 56.4. The molecule has 11 nitrogen and oxygen atoms in total. The van der Waals surface area contributed by atoms with Crippen molar-refractivity contribution in [1.82, 2.24) is 19.2 Å². The Morgan fingerprint density at radius 2 is 1.73 bits per heavy atom. The maximum atomic E-state index is 14.3. The molecule has 0 unspecified atom stereocenters. The van der Waals surface area contributed by atoms with Gasteiger partial charge in [-0.05, 0) is 61.2 Å². The molecule has 0 bridgehead atoms. The van der Waals surface area contributed by atoms with Gasteiger partial charge >= 0.3 is 0 Å². The molecule has 2 amide bonds. The van der Waals surface area contributed by atoms with E-state index in [2.05, 4.69) is 20.6 Å². The van der Waals surface area contributed by atoms with E-state index in [1.807, 2.05) is 0 Å². The van der Waals surface area contributed by atoms with Gasteiger partial charge in [0.25, 0.3) is 0 Å². The van der Waals surface area contributed by atoms with Crippen LogP contribution in [0, 0.1) is 24.5 Å². The fourth-order valence-electron chi connectivity index (χ4n) is 5.91. The largest absolute Gasteiger partial charge is 0.370 e. The Kier molecular flexibility index (Phi) is 11.0. The number of imidazole rings is 1.